The van der Waals surface area contributed by atoms with E-state index in [-0.39, 0.29) is 5.69 Å². The third-order valence-corrected chi connectivity index (χ3v) is 4.34. The number of carbonyl (C=O) groups is 2. The monoisotopic (exact) mass is 485 g/mol. The highest BCUT2D eigenvalue weighted by molar-refractivity contribution is 6.05. The number of halogens is 7. The van der Waals surface area contributed by atoms with Gasteiger partial charge in [0.25, 0.3) is 5.91 Å². The molecule has 0 spiro atoms. The van der Waals surface area contributed by atoms with Gasteiger partial charge in [0.05, 0.1) is 16.7 Å². The molecule has 3 rings (SSSR count). The van der Waals surface area contributed by atoms with Crippen LogP contribution in [0.1, 0.15) is 21.5 Å². The SMILES string of the molecule is O=C(Nc1cccc(C(F)(F)F)c1)Nc1cc(NC(=O)c2ccccc2F)cc(C(F)(F)F)c1. The van der Waals surface area contributed by atoms with Gasteiger partial charge in [-0.25, -0.2) is 9.18 Å². The topological polar surface area (TPSA) is 70.2 Å². The number of amides is 3. The number of urea groups is 1. The van der Waals surface area contributed by atoms with E-state index in [4.69, 9.17) is 0 Å². The molecule has 178 valence electrons. The fourth-order valence-corrected chi connectivity index (χ4v) is 2.85. The highest BCUT2D eigenvalue weighted by Crippen LogP contribution is 2.34. The predicted molar refractivity (Wildman–Crippen MR) is 110 cm³/mol. The maximum atomic E-state index is 13.8. The van der Waals surface area contributed by atoms with Crippen molar-refractivity contribution in [2.75, 3.05) is 16.0 Å². The van der Waals surface area contributed by atoms with Crippen molar-refractivity contribution < 1.29 is 40.3 Å². The first kappa shape index (κ1) is 24.6. The lowest BCUT2D eigenvalue weighted by Gasteiger charge is -2.15. The number of rotatable bonds is 4. The summed E-state index contributed by atoms with van der Waals surface area (Å²) in [7, 11) is 0. The molecule has 3 aromatic rings. The summed E-state index contributed by atoms with van der Waals surface area (Å²) >= 11 is 0. The van der Waals surface area contributed by atoms with E-state index in [9.17, 15) is 40.3 Å². The zero-order valence-electron chi connectivity index (χ0n) is 16.8. The summed E-state index contributed by atoms with van der Waals surface area (Å²) < 4.78 is 92.1. The van der Waals surface area contributed by atoms with Crippen molar-refractivity contribution in [2.24, 2.45) is 0 Å². The first-order valence-electron chi connectivity index (χ1n) is 9.36. The number of hydrogen-bond donors (Lipinski definition) is 3. The Morgan fingerprint density at radius 2 is 1.18 bits per heavy atom. The molecule has 0 fully saturated rings. The van der Waals surface area contributed by atoms with E-state index in [0.717, 1.165) is 36.4 Å². The largest absolute Gasteiger partial charge is 0.416 e. The highest BCUT2D eigenvalue weighted by Gasteiger charge is 2.32. The lowest BCUT2D eigenvalue weighted by atomic mass is 10.1. The van der Waals surface area contributed by atoms with Gasteiger partial charge in [0.15, 0.2) is 0 Å². The molecule has 3 amide bonds. The molecule has 0 radical (unpaired) electrons. The van der Waals surface area contributed by atoms with Gasteiger partial charge in [0.1, 0.15) is 5.82 Å². The van der Waals surface area contributed by atoms with E-state index in [1.807, 2.05) is 0 Å². The molecule has 0 aliphatic rings. The maximum absolute atomic E-state index is 13.8. The van der Waals surface area contributed by atoms with Crippen LogP contribution in [0.15, 0.2) is 66.7 Å². The first-order valence-corrected chi connectivity index (χ1v) is 9.36. The zero-order chi connectivity index (χ0) is 25.1. The van der Waals surface area contributed by atoms with Crippen LogP contribution in [0.25, 0.3) is 0 Å². The predicted octanol–water partition coefficient (Wildman–Crippen LogP) is 6.76. The Morgan fingerprint density at radius 1 is 0.618 bits per heavy atom. The Balaban J connectivity index is 1.83. The van der Waals surface area contributed by atoms with E-state index in [1.165, 1.54) is 12.1 Å². The molecule has 0 bridgehead atoms. The molecule has 0 aliphatic carbocycles. The lowest BCUT2D eigenvalue weighted by molar-refractivity contribution is -0.138. The molecule has 0 heterocycles. The molecule has 0 aromatic heterocycles. The van der Waals surface area contributed by atoms with Crippen molar-refractivity contribution >= 4 is 29.0 Å². The van der Waals surface area contributed by atoms with Gasteiger partial charge in [0, 0.05) is 17.1 Å². The lowest BCUT2D eigenvalue weighted by Crippen LogP contribution is -2.21. The number of anilines is 3. The van der Waals surface area contributed by atoms with Gasteiger partial charge in [-0.15, -0.1) is 0 Å². The van der Waals surface area contributed by atoms with Crippen LogP contribution >= 0.6 is 0 Å². The summed E-state index contributed by atoms with van der Waals surface area (Å²) in [5.41, 5.74) is -3.79. The molecule has 34 heavy (non-hydrogen) atoms. The van der Waals surface area contributed by atoms with Crippen LogP contribution in [0.3, 0.4) is 0 Å². The quantitative estimate of drug-likeness (QED) is 0.358. The van der Waals surface area contributed by atoms with E-state index in [1.54, 1.807) is 0 Å². The third-order valence-electron chi connectivity index (χ3n) is 4.34. The second kappa shape index (κ2) is 9.41. The maximum Gasteiger partial charge on any atom is 0.416 e. The normalized spacial score (nSPS) is 11.6. The zero-order valence-corrected chi connectivity index (χ0v) is 16.8. The summed E-state index contributed by atoms with van der Waals surface area (Å²) in [6.45, 7) is 0. The number of alkyl halides is 6. The summed E-state index contributed by atoms with van der Waals surface area (Å²) in [5, 5.41) is 6.28. The average molecular weight is 485 g/mol. The van der Waals surface area contributed by atoms with Crippen molar-refractivity contribution in [1.29, 1.82) is 0 Å². The summed E-state index contributed by atoms with van der Waals surface area (Å²) in [5.74, 6) is -1.93. The Morgan fingerprint density at radius 3 is 1.79 bits per heavy atom. The Kier molecular flexibility index (Phi) is 6.80. The minimum Gasteiger partial charge on any atom is -0.322 e. The second-order valence-electron chi connectivity index (χ2n) is 6.89. The summed E-state index contributed by atoms with van der Waals surface area (Å²) in [4.78, 5) is 24.4. The Hall–Kier alpha value is -4.09. The molecule has 12 heteroatoms. The molecular weight excluding hydrogens is 471 g/mol. The molecular formula is C22H14F7N3O2. The van der Waals surface area contributed by atoms with Gasteiger partial charge >= 0.3 is 18.4 Å². The van der Waals surface area contributed by atoms with Crippen LogP contribution < -0.4 is 16.0 Å². The van der Waals surface area contributed by atoms with Crippen LogP contribution in [0.5, 0.6) is 0 Å². The van der Waals surface area contributed by atoms with Gasteiger partial charge in [-0.05, 0) is 48.5 Å². The average Bonchev–Trinajstić information content (AvgIpc) is 2.72. The van der Waals surface area contributed by atoms with Crippen LogP contribution in [0.2, 0.25) is 0 Å². The summed E-state index contributed by atoms with van der Waals surface area (Å²) in [6, 6.07) is 9.39. The van der Waals surface area contributed by atoms with Crippen molar-refractivity contribution in [3.8, 4) is 0 Å². The Bertz CT molecular complexity index is 1220. The van der Waals surface area contributed by atoms with Crippen LogP contribution in [-0.4, -0.2) is 11.9 Å². The molecule has 0 saturated heterocycles. The summed E-state index contributed by atoms with van der Waals surface area (Å²) in [6.07, 6.45) is -9.53. The smallest absolute Gasteiger partial charge is 0.322 e. The molecule has 3 aromatic carbocycles. The molecule has 5 nitrogen and oxygen atoms in total. The van der Waals surface area contributed by atoms with Crippen LogP contribution in [-0.2, 0) is 12.4 Å². The van der Waals surface area contributed by atoms with Crippen molar-refractivity contribution in [3.63, 3.8) is 0 Å². The fraction of sp³-hybridized carbons (Fsp3) is 0.0909. The van der Waals surface area contributed by atoms with E-state index < -0.39 is 58.2 Å². The highest BCUT2D eigenvalue weighted by atomic mass is 19.4. The van der Waals surface area contributed by atoms with Gasteiger partial charge < -0.3 is 16.0 Å². The van der Waals surface area contributed by atoms with Gasteiger partial charge in [-0.3, -0.25) is 4.79 Å². The molecule has 0 aliphatic heterocycles. The van der Waals surface area contributed by atoms with E-state index >= 15 is 0 Å². The van der Waals surface area contributed by atoms with E-state index in [2.05, 4.69) is 16.0 Å². The van der Waals surface area contributed by atoms with Crippen molar-refractivity contribution in [2.45, 2.75) is 12.4 Å². The minimum atomic E-state index is -4.87. The molecule has 3 N–H and O–H groups in total. The van der Waals surface area contributed by atoms with Crippen LogP contribution in [0.4, 0.5) is 52.6 Å². The number of nitrogens with one attached hydrogen (secondary N) is 3. The van der Waals surface area contributed by atoms with E-state index in [0.29, 0.717) is 18.2 Å². The standard InChI is InChI=1S/C22H14F7N3O2/c23-18-7-2-1-6-17(18)19(33)30-15-9-13(22(27,28)29)10-16(11-15)32-20(34)31-14-5-3-4-12(8-14)21(24,25)26/h1-11H,(H,30,33)(H2,31,32,34). The minimum absolute atomic E-state index is 0.257. The van der Waals surface area contributed by atoms with Crippen molar-refractivity contribution in [1.82, 2.24) is 0 Å². The Labute approximate surface area is 187 Å². The number of carbonyl (C=O) groups excluding carboxylic acids is 2. The first-order chi connectivity index (χ1) is 15.8. The fourth-order valence-electron chi connectivity index (χ4n) is 2.85. The molecule has 0 unspecified atom stereocenters. The van der Waals surface area contributed by atoms with Crippen molar-refractivity contribution in [3.05, 3.63) is 89.2 Å². The van der Waals surface area contributed by atoms with Gasteiger partial charge in [0.2, 0.25) is 0 Å². The number of benzene rings is 3. The second-order valence-corrected chi connectivity index (χ2v) is 6.89. The molecule has 0 atom stereocenters. The van der Waals surface area contributed by atoms with Gasteiger partial charge in [-0.1, -0.05) is 18.2 Å². The van der Waals surface area contributed by atoms with Gasteiger partial charge in [-0.2, -0.15) is 26.3 Å². The molecule has 0 saturated carbocycles. The third kappa shape index (κ3) is 6.24. The van der Waals surface area contributed by atoms with Crippen LogP contribution in [0, 0.1) is 5.82 Å². The number of hydrogen-bond acceptors (Lipinski definition) is 2.